The van der Waals surface area contributed by atoms with Crippen LogP contribution in [-0.4, -0.2) is 33.7 Å². The second kappa shape index (κ2) is 7.61. The molecule has 0 atom stereocenters. The lowest BCUT2D eigenvalue weighted by Gasteiger charge is -2.07. The molecule has 27 heavy (non-hydrogen) atoms. The molecular formula is C18H15FN4O2S2. The number of imide groups is 1. The van der Waals surface area contributed by atoms with Crippen LogP contribution < -0.4 is 10.6 Å². The number of benzene rings is 1. The van der Waals surface area contributed by atoms with Gasteiger partial charge < -0.3 is 5.32 Å². The van der Waals surface area contributed by atoms with Crippen LogP contribution in [0, 0.1) is 5.82 Å². The van der Waals surface area contributed by atoms with Crippen molar-refractivity contribution in [1.82, 2.24) is 20.6 Å². The second-order valence-electron chi connectivity index (χ2n) is 6.10. The number of carbonyl (C=O) groups is 2. The highest BCUT2D eigenvalue weighted by molar-refractivity contribution is 8.00. The lowest BCUT2D eigenvalue weighted by molar-refractivity contribution is -0.117. The minimum atomic E-state index is -0.460. The SMILES string of the molecule is O=C(CSc1ncnc2scc(-c3ccc(F)cc3)c12)NC(=O)NC1CC1. The summed E-state index contributed by atoms with van der Waals surface area (Å²) in [6, 6.07) is 5.94. The van der Waals surface area contributed by atoms with Crippen molar-refractivity contribution >= 4 is 45.3 Å². The van der Waals surface area contributed by atoms with Crippen molar-refractivity contribution in [2.75, 3.05) is 5.75 Å². The van der Waals surface area contributed by atoms with Gasteiger partial charge in [0.25, 0.3) is 0 Å². The van der Waals surface area contributed by atoms with Gasteiger partial charge in [0.2, 0.25) is 5.91 Å². The van der Waals surface area contributed by atoms with Crippen LogP contribution in [0.2, 0.25) is 0 Å². The number of thiophene rings is 1. The van der Waals surface area contributed by atoms with Crippen LogP contribution in [0.15, 0.2) is 41.0 Å². The van der Waals surface area contributed by atoms with E-state index in [0.29, 0.717) is 5.03 Å². The summed E-state index contributed by atoms with van der Waals surface area (Å²) in [5.41, 5.74) is 1.75. The Kier molecular flexibility index (Phi) is 5.04. The van der Waals surface area contributed by atoms with E-state index in [1.165, 1.54) is 41.6 Å². The number of hydrogen-bond acceptors (Lipinski definition) is 6. The largest absolute Gasteiger partial charge is 0.335 e. The number of thioether (sulfide) groups is 1. The maximum Gasteiger partial charge on any atom is 0.321 e. The molecule has 2 heterocycles. The first kappa shape index (κ1) is 17.9. The van der Waals surface area contributed by atoms with Gasteiger partial charge in [-0.05, 0) is 30.5 Å². The quantitative estimate of drug-likeness (QED) is 0.503. The van der Waals surface area contributed by atoms with Crippen molar-refractivity contribution in [2.24, 2.45) is 0 Å². The fraction of sp³-hybridized carbons (Fsp3) is 0.222. The monoisotopic (exact) mass is 402 g/mol. The van der Waals surface area contributed by atoms with Crippen LogP contribution >= 0.6 is 23.1 Å². The molecule has 1 aromatic carbocycles. The predicted molar refractivity (Wildman–Crippen MR) is 103 cm³/mol. The van der Waals surface area contributed by atoms with Crippen molar-refractivity contribution in [1.29, 1.82) is 0 Å². The standard InChI is InChI=1S/C18H15FN4O2S2/c19-11-3-1-10(2-4-11)13-7-26-16-15(13)17(21-9-20-16)27-8-14(24)23-18(25)22-12-5-6-12/h1-4,7,9,12H,5-6,8H2,(H2,22,23,24,25). The first-order valence-corrected chi connectivity index (χ1v) is 10.2. The van der Waals surface area contributed by atoms with Gasteiger partial charge in [-0.2, -0.15) is 0 Å². The summed E-state index contributed by atoms with van der Waals surface area (Å²) in [6.07, 6.45) is 3.37. The van der Waals surface area contributed by atoms with Crippen molar-refractivity contribution < 1.29 is 14.0 Å². The highest BCUT2D eigenvalue weighted by atomic mass is 32.2. The zero-order valence-electron chi connectivity index (χ0n) is 14.1. The van der Waals surface area contributed by atoms with E-state index in [2.05, 4.69) is 20.6 Å². The van der Waals surface area contributed by atoms with Gasteiger partial charge in [-0.15, -0.1) is 11.3 Å². The fourth-order valence-corrected chi connectivity index (χ4v) is 4.34. The van der Waals surface area contributed by atoms with E-state index in [1.807, 2.05) is 5.38 Å². The summed E-state index contributed by atoms with van der Waals surface area (Å²) < 4.78 is 13.2. The number of urea groups is 1. The van der Waals surface area contributed by atoms with Gasteiger partial charge in [-0.25, -0.2) is 19.2 Å². The van der Waals surface area contributed by atoms with Gasteiger partial charge in [0.1, 0.15) is 22.0 Å². The average Bonchev–Trinajstić information content (AvgIpc) is 3.35. The van der Waals surface area contributed by atoms with Crippen LogP contribution in [0.5, 0.6) is 0 Å². The summed E-state index contributed by atoms with van der Waals surface area (Å²) in [5.74, 6) is -0.628. The van der Waals surface area contributed by atoms with Crippen molar-refractivity contribution in [3.8, 4) is 11.1 Å². The molecule has 1 saturated carbocycles. The molecule has 3 amide bonds. The van der Waals surface area contributed by atoms with E-state index < -0.39 is 6.03 Å². The van der Waals surface area contributed by atoms with E-state index in [1.54, 1.807) is 12.1 Å². The molecular weight excluding hydrogens is 387 g/mol. The summed E-state index contributed by atoms with van der Waals surface area (Å²) in [7, 11) is 0. The first-order chi connectivity index (χ1) is 13.1. The predicted octanol–water partition coefficient (Wildman–Crippen LogP) is 3.58. The summed E-state index contributed by atoms with van der Waals surface area (Å²) in [6.45, 7) is 0. The fourth-order valence-electron chi connectivity index (χ4n) is 2.54. The Labute approximate surface area is 162 Å². The van der Waals surface area contributed by atoms with E-state index in [0.717, 1.165) is 34.2 Å². The third-order valence-corrected chi connectivity index (χ3v) is 5.87. The number of halogens is 1. The smallest absolute Gasteiger partial charge is 0.321 e. The normalized spacial score (nSPS) is 13.5. The third kappa shape index (κ3) is 4.25. The minimum absolute atomic E-state index is 0.0584. The maximum absolute atomic E-state index is 13.2. The Hall–Kier alpha value is -2.52. The van der Waals surface area contributed by atoms with E-state index >= 15 is 0 Å². The van der Waals surface area contributed by atoms with Crippen molar-refractivity contribution in [3.05, 3.63) is 41.8 Å². The maximum atomic E-state index is 13.2. The molecule has 2 aromatic heterocycles. The van der Waals surface area contributed by atoms with Crippen LogP contribution in [0.4, 0.5) is 9.18 Å². The number of nitrogens with zero attached hydrogens (tertiary/aromatic N) is 2. The summed E-state index contributed by atoms with van der Waals surface area (Å²) >= 11 is 2.70. The molecule has 1 fully saturated rings. The number of carbonyl (C=O) groups excluding carboxylic acids is 2. The highest BCUT2D eigenvalue weighted by Gasteiger charge is 2.24. The van der Waals surface area contributed by atoms with Gasteiger partial charge in [0.15, 0.2) is 0 Å². The van der Waals surface area contributed by atoms with E-state index in [-0.39, 0.29) is 23.5 Å². The zero-order chi connectivity index (χ0) is 18.8. The Morgan fingerprint density at radius 2 is 2.00 bits per heavy atom. The molecule has 0 saturated heterocycles. The molecule has 0 aliphatic heterocycles. The number of rotatable bonds is 5. The van der Waals surface area contributed by atoms with Gasteiger partial charge in [-0.1, -0.05) is 23.9 Å². The Bertz CT molecular complexity index is 1000. The van der Waals surface area contributed by atoms with Gasteiger partial charge in [-0.3, -0.25) is 10.1 Å². The van der Waals surface area contributed by atoms with Gasteiger partial charge in [0, 0.05) is 17.0 Å². The van der Waals surface area contributed by atoms with Crippen molar-refractivity contribution in [3.63, 3.8) is 0 Å². The van der Waals surface area contributed by atoms with Crippen molar-refractivity contribution in [2.45, 2.75) is 23.9 Å². The molecule has 138 valence electrons. The van der Waals surface area contributed by atoms with Crippen LogP contribution in [0.1, 0.15) is 12.8 Å². The molecule has 9 heteroatoms. The lowest BCUT2D eigenvalue weighted by Crippen LogP contribution is -2.41. The van der Waals surface area contributed by atoms with Crippen LogP contribution in [0.3, 0.4) is 0 Å². The topological polar surface area (TPSA) is 84.0 Å². The third-order valence-electron chi connectivity index (χ3n) is 4.00. The minimum Gasteiger partial charge on any atom is -0.335 e. The molecule has 0 radical (unpaired) electrons. The van der Waals surface area contributed by atoms with Gasteiger partial charge in [0.05, 0.1) is 11.1 Å². The Morgan fingerprint density at radius 3 is 2.74 bits per heavy atom. The highest BCUT2D eigenvalue weighted by Crippen LogP contribution is 2.37. The molecule has 0 unspecified atom stereocenters. The first-order valence-electron chi connectivity index (χ1n) is 8.31. The Morgan fingerprint density at radius 1 is 1.22 bits per heavy atom. The van der Waals surface area contributed by atoms with Crippen LogP contribution in [0.25, 0.3) is 21.3 Å². The lowest BCUT2D eigenvalue weighted by atomic mass is 10.1. The molecule has 1 aliphatic carbocycles. The molecule has 1 aliphatic rings. The number of aromatic nitrogens is 2. The number of nitrogens with one attached hydrogen (secondary N) is 2. The van der Waals surface area contributed by atoms with E-state index in [4.69, 9.17) is 0 Å². The van der Waals surface area contributed by atoms with Crippen LogP contribution in [-0.2, 0) is 4.79 Å². The molecule has 4 rings (SSSR count). The molecule has 6 nitrogen and oxygen atoms in total. The zero-order valence-corrected chi connectivity index (χ0v) is 15.7. The molecule has 3 aromatic rings. The molecule has 0 bridgehead atoms. The van der Waals surface area contributed by atoms with E-state index in [9.17, 15) is 14.0 Å². The van der Waals surface area contributed by atoms with Gasteiger partial charge >= 0.3 is 6.03 Å². The second-order valence-corrected chi connectivity index (χ2v) is 7.92. The Balaban J connectivity index is 1.51. The molecule has 0 spiro atoms. The average molecular weight is 402 g/mol. The molecule has 2 N–H and O–H groups in total. The summed E-state index contributed by atoms with van der Waals surface area (Å²) in [4.78, 5) is 33.0. The number of amides is 3. The number of hydrogen-bond donors (Lipinski definition) is 2. The summed E-state index contributed by atoms with van der Waals surface area (Å²) in [5, 5.41) is 8.46. The number of fused-ring (bicyclic) bond motifs is 1.